The van der Waals surface area contributed by atoms with Crippen LogP contribution in [0.15, 0.2) is 60.8 Å². The molecule has 0 saturated carbocycles. The van der Waals surface area contributed by atoms with E-state index >= 15 is 0 Å². The van der Waals surface area contributed by atoms with Gasteiger partial charge >= 0.3 is 6.03 Å². The maximum atomic E-state index is 13.4. The Balaban J connectivity index is 2.02. The van der Waals surface area contributed by atoms with E-state index < -0.39 is 0 Å². The fourth-order valence-electron chi connectivity index (χ4n) is 1.94. The Labute approximate surface area is 123 Å². The van der Waals surface area contributed by atoms with Crippen molar-refractivity contribution in [3.05, 3.63) is 72.2 Å². The van der Waals surface area contributed by atoms with Crippen LogP contribution in [0, 0.1) is 5.82 Å². The van der Waals surface area contributed by atoms with Gasteiger partial charge in [0.25, 0.3) is 0 Å². The third kappa shape index (κ3) is 3.92. The molecule has 0 heterocycles. The number of nitrogens with one attached hydrogen (secondary N) is 1. The molecule has 0 aliphatic rings. The highest BCUT2D eigenvalue weighted by Crippen LogP contribution is 2.13. The average Bonchev–Trinajstić information content (AvgIpc) is 2.51. The predicted octanol–water partition coefficient (Wildman–Crippen LogP) is 4.03. The van der Waals surface area contributed by atoms with Crippen molar-refractivity contribution < 1.29 is 9.18 Å². The first-order chi connectivity index (χ1) is 10.2. The van der Waals surface area contributed by atoms with Gasteiger partial charge in [-0.25, -0.2) is 9.18 Å². The maximum Gasteiger partial charge on any atom is 0.325 e. The third-order valence-electron chi connectivity index (χ3n) is 3.00. The van der Waals surface area contributed by atoms with Gasteiger partial charge in [-0.2, -0.15) is 0 Å². The Morgan fingerprint density at radius 1 is 1.14 bits per heavy atom. The number of rotatable bonds is 4. The minimum atomic E-state index is -0.321. The van der Waals surface area contributed by atoms with Gasteiger partial charge in [0.05, 0.1) is 0 Å². The van der Waals surface area contributed by atoms with Crippen molar-refractivity contribution in [1.29, 1.82) is 0 Å². The molecule has 2 aromatic carbocycles. The van der Waals surface area contributed by atoms with Crippen molar-refractivity contribution in [2.75, 3.05) is 11.4 Å². The summed E-state index contributed by atoms with van der Waals surface area (Å²) in [5.41, 5.74) is 1.25. The van der Waals surface area contributed by atoms with Crippen LogP contribution in [-0.2, 0) is 0 Å². The van der Waals surface area contributed by atoms with Gasteiger partial charge in [-0.15, -0.1) is 0 Å². The van der Waals surface area contributed by atoms with Gasteiger partial charge in [-0.05, 0) is 31.2 Å². The molecule has 0 aromatic heterocycles. The second-order valence-corrected chi connectivity index (χ2v) is 4.38. The van der Waals surface area contributed by atoms with E-state index in [2.05, 4.69) is 5.32 Å². The van der Waals surface area contributed by atoms with Crippen molar-refractivity contribution in [2.24, 2.45) is 0 Å². The molecule has 4 heteroatoms. The normalized spacial score (nSPS) is 10.6. The Morgan fingerprint density at radius 3 is 2.48 bits per heavy atom. The van der Waals surface area contributed by atoms with Crippen molar-refractivity contribution in [1.82, 2.24) is 5.32 Å². The first kappa shape index (κ1) is 14.8. The van der Waals surface area contributed by atoms with Crippen LogP contribution in [-0.4, -0.2) is 12.6 Å². The molecule has 0 aliphatic heterocycles. The minimum Gasteiger partial charge on any atom is -0.314 e. The Morgan fingerprint density at radius 2 is 1.81 bits per heavy atom. The zero-order valence-corrected chi connectivity index (χ0v) is 11.8. The van der Waals surface area contributed by atoms with Gasteiger partial charge in [0.1, 0.15) is 5.82 Å². The van der Waals surface area contributed by atoms with E-state index in [1.165, 1.54) is 18.3 Å². The molecule has 0 spiro atoms. The van der Waals surface area contributed by atoms with E-state index in [0.717, 1.165) is 5.69 Å². The van der Waals surface area contributed by atoms with Crippen molar-refractivity contribution in [2.45, 2.75) is 6.92 Å². The zero-order chi connectivity index (χ0) is 15.1. The SMILES string of the molecule is CCN(C(=O)N/C=C/c1ccccc1F)c1ccccc1. The molecular formula is C17H17FN2O. The van der Waals surface area contributed by atoms with Crippen LogP contribution in [0.4, 0.5) is 14.9 Å². The van der Waals surface area contributed by atoms with Crippen molar-refractivity contribution >= 4 is 17.8 Å². The molecule has 0 saturated heterocycles. The molecule has 108 valence electrons. The molecule has 2 amide bonds. The number of anilines is 1. The topological polar surface area (TPSA) is 32.3 Å². The lowest BCUT2D eigenvalue weighted by Crippen LogP contribution is -2.37. The molecule has 0 atom stereocenters. The number of carbonyl (C=O) groups excluding carboxylic acids is 1. The van der Waals surface area contributed by atoms with E-state index in [-0.39, 0.29) is 11.8 Å². The Kier molecular flexibility index (Phi) is 5.10. The number of carbonyl (C=O) groups is 1. The number of nitrogens with zero attached hydrogens (tertiary/aromatic N) is 1. The lowest BCUT2D eigenvalue weighted by atomic mass is 10.2. The monoisotopic (exact) mass is 284 g/mol. The van der Waals surface area contributed by atoms with E-state index in [4.69, 9.17) is 0 Å². The van der Waals surface area contributed by atoms with Crippen LogP contribution in [0.3, 0.4) is 0 Å². The van der Waals surface area contributed by atoms with Gasteiger partial charge < -0.3 is 5.32 Å². The number of hydrogen-bond donors (Lipinski definition) is 1. The van der Waals surface area contributed by atoms with E-state index in [1.54, 1.807) is 23.1 Å². The second kappa shape index (κ2) is 7.24. The molecule has 3 nitrogen and oxygen atoms in total. The number of urea groups is 1. The highest BCUT2D eigenvalue weighted by molar-refractivity contribution is 5.92. The summed E-state index contributed by atoms with van der Waals surface area (Å²) in [6, 6.07) is 15.5. The zero-order valence-electron chi connectivity index (χ0n) is 11.8. The van der Waals surface area contributed by atoms with Crippen LogP contribution in [0.25, 0.3) is 6.08 Å². The molecule has 0 unspecified atom stereocenters. The van der Waals surface area contributed by atoms with Crippen LogP contribution in [0.1, 0.15) is 12.5 Å². The summed E-state index contributed by atoms with van der Waals surface area (Å²) < 4.78 is 13.4. The quantitative estimate of drug-likeness (QED) is 0.903. The summed E-state index contributed by atoms with van der Waals surface area (Å²) >= 11 is 0. The van der Waals surface area contributed by atoms with Crippen molar-refractivity contribution in [3.63, 3.8) is 0 Å². The number of hydrogen-bond acceptors (Lipinski definition) is 1. The van der Waals surface area contributed by atoms with Crippen LogP contribution in [0.2, 0.25) is 0 Å². The summed E-state index contributed by atoms with van der Waals surface area (Å²) in [6.45, 7) is 2.44. The first-order valence-electron chi connectivity index (χ1n) is 6.76. The van der Waals surface area contributed by atoms with Gasteiger partial charge in [0.15, 0.2) is 0 Å². The van der Waals surface area contributed by atoms with Gasteiger partial charge in [-0.3, -0.25) is 4.90 Å². The molecule has 0 fully saturated rings. The fourth-order valence-corrected chi connectivity index (χ4v) is 1.94. The Hall–Kier alpha value is -2.62. The highest BCUT2D eigenvalue weighted by Gasteiger charge is 2.11. The smallest absolute Gasteiger partial charge is 0.314 e. The molecule has 2 rings (SSSR count). The molecular weight excluding hydrogens is 267 g/mol. The predicted molar refractivity (Wildman–Crippen MR) is 83.4 cm³/mol. The standard InChI is InChI=1S/C17H17FN2O/c1-2-20(15-9-4-3-5-10-15)17(21)19-13-12-14-8-6-7-11-16(14)18/h3-13H,2H2,1H3,(H,19,21)/b13-12+. The summed E-state index contributed by atoms with van der Waals surface area (Å²) in [5, 5.41) is 2.65. The van der Waals surface area contributed by atoms with Gasteiger partial charge in [-0.1, -0.05) is 36.4 Å². The van der Waals surface area contributed by atoms with E-state index in [0.29, 0.717) is 12.1 Å². The van der Waals surface area contributed by atoms with Crippen LogP contribution >= 0.6 is 0 Å². The molecule has 1 N–H and O–H groups in total. The third-order valence-corrected chi connectivity index (χ3v) is 3.00. The van der Waals surface area contributed by atoms with Crippen LogP contribution < -0.4 is 10.2 Å². The summed E-state index contributed by atoms with van der Waals surface area (Å²) in [7, 11) is 0. The maximum absolute atomic E-state index is 13.4. The lowest BCUT2D eigenvalue weighted by molar-refractivity contribution is 0.249. The van der Waals surface area contributed by atoms with E-state index in [1.807, 2.05) is 37.3 Å². The molecule has 0 radical (unpaired) electrons. The molecule has 0 aliphatic carbocycles. The van der Waals surface area contributed by atoms with Crippen molar-refractivity contribution in [3.8, 4) is 0 Å². The molecule has 21 heavy (non-hydrogen) atoms. The molecule has 2 aromatic rings. The number of benzene rings is 2. The summed E-state index contributed by atoms with van der Waals surface area (Å²) in [4.78, 5) is 13.7. The first-order valence-corrected chi connectivity index (χ1v) is 6.76. The highest BCUT2D eigenvalue weighted by atomic mass is 19.1. The Bertz CT molecular complexity index is 626. The summed E-state index contributed by atoms with van der Waals surface area (Å²) in [6.07, 6.45) is 2.98. The van der Waals surface area contributed by atoms with Gasteiger partial charge in [0.2, 0.25) is 0 Å². The number of para-hydroxylation sites is 1. The minimum absolute atomic E-state index is 0.253. The number of halogens is 1. The van der Waals surface area contributed by atoms with Gasteiger partial charge in [0, 0.05) is 24.0 Å². The average molecular weight is 284 g/mol. The second-order valence-electron chi connectivity index (χ2n) is 4.38. The summed E-state index contributed by atoms with van der Waals surface area (Å²) in [5.74, 6) is -0.321. The van der Waals surface area contributed by atoms with E-state index in [9.17, 15) is 9.18 Å². The fraction of sp³-hybridized carbons (Fsp3) is 0.118. The molecule has 0 bridgehead atoms. The lowest BCUT2D eigenvalue weighted by Gasteiger charge is -2.20. The van der Waals surface area contributed by atoms with Crippen LogP contribution in [0.5, 0.6) is 0 Å². The number of amides is 2. The largest absolute Gasteiger partial charge is 0.325 e.